The van der Waals surface area contributed by atoms with E-state index >= 15 is 0 Å². The van der Waals surface area contributed by atoms with Crippen LogP contribution in [0.5, 0.6) is 0 Å². The van der Waals surface area contributed by atoms with Crippen LogP contribution >= 0.6 is 43.7 Å². The zero-order valence-electron chi connectivity index (χ0n) is 2.28. The molecule has 0 aromatic carbocycles. The third kappa shape index (κ3) is 10.9. The van der Waals surface area contributed by atoms with E-state index in [2.05, 4.69) is 15.6 Å². The van der Waals surface area contributed by atoms with E-state index < -0.39 is 0 Å². The predicted molar refractivity (Wildman–Crippen MR) is 31.5 cm³/mol. The number of hydrogen-bond acceptors (Lipinski definition) is 2. The highest BCUT2D eigenvalue weighted by Gasteiger charge is 1.61. The van der Waals surface area contributed by atoms with Crippen molar-refractivity contribution in [3.8, 4) is 0 Å². The van der Waals surface area contributed by atoms with Crippen LogP contribution in [0.1, 0.15) is 0 Å². The Bertz CT molecular complexity index is 11.6. The molecule has 0 aliphatic rings. The molecule has 0 aliphatic carbocycles. The highest BCUT2D eigenvalue weighted by atomic mass is 35.7. The van der Waals surface area contributed by atoms with Crippen LogP contribution in [0.3, 0.4) is 0 Å². The molecule has 5 heteroatoms. The molecule has 34 valence electrons. The van der Waals surface area contributed by atoms with Crippen molar-refractivity contribution >= 4 is 43.7 Å². The zero-order valence-corrected chi connectivity index (χ0v) is 6.02. The fourth-order valence-corrected chi connectivity index (χ4v) is 0. The molecule has 0 bridgehead atoms. The first kappa shape index (κ1) is 9.58. The van der Waals surface area contributed by atoms with E-state index in [1.807, 2.05) is 0 Å². The molecule has 1 nitrogen and oxygen atoms in total. The van der Waals surface area contributed by atoms with Crippen molar-refractivity contribution in [1.29, 1.82) is 0 Å². The van der Waals surface area contributed by atoms with Gasteiger partial charge >= 0.3 is 0 Å². The first-order chi connectivity index (χ1) is 1.91. The SMILES string of the molecule is ClOSCl.P. The van der Waals surface area contributed by atoms with Gasteiger partial charge in [-0.15, -0.1) is 0 Å². The normalized spacial score (nSPS) is 6.00. The second-order valence-corrected chi connectivity index (χ2v) is 1.13. The second kappa shape index (κ2) is 9.01. The molecule has 1 unspecified atom stereocenters. The predicted octanol–water partition coefficient (Wildman–Crippen LogP) is 2.02. The van der Waals surface area contributed by atoms with Crippen LogP contribution in [0.2, 0.25) is 0 Å². The maximum absolute atomic E-state index is 4.75. The molecule has 5 heavy (non-hydrogen) atoms. The van der Waals surface area contributed by atoms with Gasteiger partial charge in [-0.25, -0.2) is 0 Å². The quantitative estimate of drug-likeness (QED) is 0.420. The van der Waals surface area contributed by atoms with Gasteiger partial charge in [-0.05, 0) is 10.7 Å². The van der Waals surface area contributed by atoms with E-state index in [4.69, 9.17) is 10.7 Å². The van der Waals surface area contributed by atoms with Crippen molar-refractivity contribution < 1.29 is 3.74 Å². The third-order valence-corrected chi connectivity index (χ3v) is 0.643. The van der Waals surface area contributed by atoms with Crippen LogP contribution < -0.4 is 0 Å². The maximum atomic E-state index is 4.75. The van der Waals surface area contributed by atoms with E-state index in [0.717, 1.165) is 0 Å². The topological polar surface area (TPSA) is 9.23 Å². The minimum absolute atomic E-state index is 0. The van der Waals surface area contributed by atoms with E-state index in [1.165, 1.54) is 0 Å². The van der Waals surface area contributed by atoms with Gasteiger partial charge in [-0.2, -0.15) is 13.6 Å². The van der Waals surface area contributed by atoms with E-state index in [0.29, 0.717) is 11.3 Å². The van der Waals surface area contributed by atoms with Crippen molar-refractivity contribution in [3.05, 3.63) is 0 Å². The monoisotopic (exact) mass is 152 g/mol. The van der Waals surface area contributed by atoms with Crippen LogP contribution in [0, 0.1) is 0 Å². The van der Waals surface area contributed by atoms with Crippen molar-refractivity contribution in [2.75, 3.05) is 0 Å². The molecule has 0 heterocycles. The minimum Gasteiger partial charge on any atom is -0.190 e. The summed E-state index contributed by atoms with van der Waals surface area (Å²) in [6, 6.07) is 0. The molecule has 0 aromatic rings. The Labute approximate surface area is 47.9 Å². The molecule has 1 atom stereocenters. The lowest BCUT2D eigenvalue weighted by Crippen LogP contribution is -1.28. The first-order valence-corrected chi connectivity index (χ1v) is 2.35. The molecule has 0 spiro atoms. The lowest BCUT2D eigenvalue weighted by atomic mass is 15.9. The molecule has 0 aliphatic heterocycles. The molecule has 0 saturated carbocycles. The Morgan fingerprint density at radius 2 is 1.80 bits per heavy atom. The highest BCUT2D eigenvalue weighted by Crippen LogP contribution is 2.08. The Kier molecular flexibility index (Phi) is 17.3. The number of hydrogen-bond donors (Lipinski definition) is 0. The zero-order chi connectivity index (χ0) is 3.41. The number of rotatable bonds is 1. The van der Waals surface area contributed by atoms with Crippen LogP contribution in [0.15, 0.2) is 0 Å². The summed E-state index contributed by atoms with van der Waals surface area (Å²) in [6.07, 6.45) is 0. The van der Waals surface area contributed by atoms with Crippen molar-refractivity contribution in [2.45, 2.75) is 0 Å². The fraction of sp³-hybridized carbons (Fsp3) is 0. The molecule has 0 amide bonds. The van der Waals surface area contributed by atoms with E-state index in [1.54, 1.807) is 0 Å². The maximum Gasteiger partial charge on any atom is 0.125 e. The van der Waals surface area contributed by atoms with Crippen LogP contribution in [-0.2, 0) is 3.74 Å². The molecule has 0 fully saturated rings. The minimum atomic E-state index is 0. The lowest BCUT2D eigenvalue weighted by molar-refractivity contribution is 0.739. The molecule has 0 N–H and O–H groups in total. The molecule has 0 saturated heterocycles. The van der Waals surface area contributed by atoms with Gasteiger partial charge in [0.25, 0.3) is 0 Å². The van der Waals surface area contributed by atoms with Crippen molar-refractivity contribution in [2.24, 2.45) is 0 Å². The Hall–Kier alpha value is 1.32. The van der Waals surface area contributed by atoms with Gasteiger partial charge in [0.1, 0.15) is 11.3 Å². The molecular formula is H3Cl2OPS. The fourth-order valence-electron chi connectivity index (χ4n) is 0. The summed E-state index contributed by atoms with van der Waals surface area (Å²) in [6.45, 7) is 0. The van der Waals surface area contributed by atoms with Crippen molar-refractivity contribution in [3.63, 3.8) is 0 Å². The third-order valence-electron chi connectivity index (χ3n) is 0.0238. The first-order valence-electron chi connectivity index (χ1n) is 0.475. The summed E-state index contributed by atoms with van der Waals surface area (Å²) in [7, 11) is 4.75. The van der Waals surface area contributed by atoms with E-state index in [-0.39, 0.29) is 9.90 Å². The van der Waals surface area contributed by atoms with E-state index in [9.17, 15) is 0 Å². The van der Waals surface area contributed by atoms with Gasteiger partial charge in [0.2, 0.25) is 0 Å². The second-order valence-electron chi connectivity index (χ2n) is 0.126. The Morgan fingerprint density at radius 1 is 1.60 bits per heavy atom. The van der Waals surface area contributed by atoms with Gasteiger partial charge < -0.3 is 0 Å². The summed E-state index contributed by atoms with van der Waals surface area (Å²) in [4.78, 5) is 0. The molecule has 0 rings (SSSR count). The standard InChI is InChI=1S/Cl2OS.H3P/c1-3-4-2;/h;1H3. The lowest BCUT2D eigenvalue weighted by Gasteiger charge is -1.64. The van der Waals surface area contributed by atoms with Gasteiger partial charge in [0, 0.05) is 0 Å². The Morgan fingerprint density at radius 3 is 1.80 bits per heavy atom. The van der Waals surface area contributed by atoms with Gasteiger partial charge in [0.05, 0.1) is 11.9 Å². The van der Waals surface area contributed by atoms with Gasteiger partial charge in [0.15, 0.2) is 0 Å². The summed E-state index contributed by atoms with van der Waals surface area (Å²) in [5.41, 5.74) is 0. The van der Waals surface area contributed by atoms with Gasteiger partial charge in [-0.1, -0.05) is 0 Å². The summed E-state index contributed by atoms with van der Waals surface area (Å²) in [5, 5.41) is 0. The summed E-state index contributed by atoms with van der Waals surface area (Å²) >= 11 is 5.11. The summed E-state index contributed by atoms with van der Waals surface area (Å²) < 4.78 is 3.70. The van der Waals surface area contributed by atoms with Gasteiger partial charge in [-0.3, -0.25) is 0 Å². The molecule has 0 aromatic heterocycles. The average molecular weight is 153 g/mol. The highest BCUT2D eigenvalue weighted by molar-refractivity contribution is 8.17. The summed E-state index contributed by atoms with van der Waals surface area (Å²) in [5.74, 6) is 0. The number of halogens is 2. The average Bonchev–Trinajstić information content (AvgIpc) is 1.37. The molecule has 0 radical (unpaired) electrons. The Balaban J connectivity index is 0. The largest absolute Gasteiger partial charge is 0.190 e. The van der Waals surface area contributed by atoms with Crippen LogP contribution in [0.4, 0.5) is 0 Å². The molecular weight excluding hydrogens is 150 g/mol. The van der Waals surface area contributed by atoms with Crippen molar-refractivity contribution in [1.82, 2.24) is 0 Å². The smallest absolute Gasteiger partial charge is 0.125 e. The van der Waals surface area contributed by atoms with Crippen LogP contribution in [0.25, 0.3) is 0 Å². The van der Waals surface area contributed by atoms with Crippen LogP contribution in [-0.4, -0.2) is 0 Å².